The Kier molecular flexibility index (Phi) is 4.52. The fourth-order valence-electron chi connectivity index (χ4n) is 2.24. The van der Waals surface area contributed by atoms with Crippen LogP contribution < -0.4 is 9.04 Å². The van der Waals surface area contributed by atoms with Crippen molar-refractivity contribution in [3.8, 4) is 5.75 Å². The van der Waals surface area contributed by atoms with Crippen molar-refractivity contribution < 1.29 is 17.7 Å². The zero-order valence-corrected chi connectivity index (χ0v) is 13.8. The lowest BCUT2D eigenvalue weighted by Crippen LogP contribution is -2.30. The van der Waals surface area contributed by atoms with Gasteiger partial charge in [-0.25, -0.2) is 12.7 Å². The first-order valence-electron chi connectivity index (χ1n) is 7.22. The van der Waals surface area contributed by atoms with E-state index in [2.05, 4.69) is 5.16 Å². The molecule has 3 aromatic rings. The van der Waals surface area contributed by atoms with E-state index in [1.807, 2.05) is 12.1 Å². The molecule has 0 atom stereocenters. The van der Waals surface area contributed by atoms with Crippen LogP contribution in [-0.2, 0) is 16.6 Å². The molecule has 0 spiro atoms. The Morgan fingerprint density at radius 1 is 1.04 bits per heavy atom. The average Bonchev–Trinajstić information content (AvgIpc) is 3.15. The largest absolute Gasteiger partial charge is 0.497 e. The Morgan fingerprint density at radius 2 is 1.75 bits per heavy atom. The number of nitrogens with zero attached hydrogens (tertiary/aromatic N) is 2. The van der Waals surface area contributed by atoms with E-state index in [0.717, 1.165) is 5.56 Å². The van der Waals surface area contributed by atoms with Gasteiger partial charge in [-0.1, -0.05) is 35.5 Å². The van der Waals surface area contributed by atoms with Gasteiger partial charge < -0.3 is 9.26 Å². The van der Waals surface area contributed by atoms with Gasteiger partial charge in [-0.15, -0.1) is 0 Å². The average molecular weight is 344 g/mol. The van der Waals surface area contributed by atoms with E-state index in [4.69, 9.17) is 9.26 Å². The van der Waals surface area contributed by atoms with E-state index >= 15 is 0 Å². The second kappa shape index (κ2) is 6.76. The number of aromatic nitrogens is 1. The van der Waals surface area contributed by atoms with Crippen molar-refractivity contribution in [3.63, 3.8) is 0 Å². The van der Waals surface area contributed by atoms with Crippen LogP contribution in [0.15, 0.2) is 76.3 Å². The lowest BCUT2D eigenvalue weighted by molar-refractivity contribution is 0.414. The Morgan fingerprint density at radius 3 is 2.33 bits per heavy atom. The lowest BCUT2D eigenvalue weighted by Gasteiger charge is -2.21. The minimum atomic E-state index is -3.76. The summed E-state index contributed by atoms with van der Waals surface area (Å²) in [5.41, 5.74) is 0.804. The molecule has 6 nitrogen and oxygen atoms in total. The Balaban J connectivity index is 1.98. The molecule has 0 saturated carbocycles. The predicted octanol–water partition coefficient (Wildman–Crippen LogP) is 3.08. The predicted molar refractivity (Wildman–Crippen MR) is 89.3 cm³/mol. The second-order valence-corrected chi connectivity index (χ2v) is 6.89. The molecule has 124 valence electrons. The number of rotatable bonds is 6. The summed E-state index contributed by atoms with van der Waals surface area (Å²) in [5.74, 6) is 0.937. The summed E-state index contributed by atoms with van der Waals surface area (Å²) >= 11 is 0. The summed E-state index contributed by atoms with van der Waals surface area (Å²) in [6.45, 7) is 0.133. The van der Waals surface area contributed by atoms with E-state index in [1.165, 1.54) is 16.6 Å². The molecule has 1 aromatic heterocycles. The third-order valence-corrected chi connectivity index (χ3v) is 5.26. The minimum Gasteiger partial charge on any atom is -0.497 e. The molecule has 0 bridgehead atoms. The first-order valence-corrected chi connectivity index (χ1v) is 8.66. The molecule has 0 aliphatic rings. The van der Waals surface area contributed by atoms with Crippen molar-refractivity contribution in [2.24, 2.45) is 0 Å². The van der Waals surface area contributed by atoms with Crippen LogP contribution in [0.4, 0.5) is 5.82 Å². The van der Waals surface area contributed by atoms with Crippen molar-refractivity contribution in [2.75, 3.05) is 11.4 Å². The molecule has 0 aliphatic heterocycles. The molecular formula is C17H16N2O4S. The SMILES string of the molecule is COc1ccc(CN(c2ccon2)S(=O)(=O)c2ccccc2)cc1. The molecule has 0 aliphatic carbocycles. The molecule has 1 heterocycles. The van der Waals surface area contributed by atoms with E-state index in [9.17, 15) is 8.42 Å². The lowest BCUT2D eigenvalue weighted by atomic mass is 10.2. The third-order valence-electron chi connectivity index (χ3n) is 3.50. The van der Waals surface area contributed by atoms with Gasteiger partial charge in [0.2, 0.25) is 0 Å². The highest BCUT2D eigenvalue weighted by Gasteiger charge is 2.26. The van der Waals surface area contributed by atoms with Crippen molar-refractivity contribution >= 4 is 15.8 Å². The molecule has 7 heteroatoms. The second-order valence-electron chi connectivity index (χ2n) is 5.03. The highest BCUT2D eigenvalue weighted by molar-refractivity contribution is 7.92. The molecule has 0 radical (unpaired) electrons. The van der Waals surface area contributed by atoms with Crippen molar-refractivity contribution in [1.29, 1.82) is 0 Å². The highest BCUT2D eigenvalue weighted by atomic mass is 32.2. The van der Waals surface area contributed by atoms with Gasteiger partial charge in [0.05, 0.1) is 18.6 Å². The fourth-order valence-corrected chi connectivity index (χ4v) is 3.66. The summed E-state index contributed by atoms with van der Waals surface area (Å²) in [6.07, 6.45) is 1.34. The fraction of sp³-hybridized carbons (Fsp3) is 0.118. The van der Waals surface area contributed by atoms with Crippen LogP contribution in [0.5, 0.6) is 5.75 Å². The maximum Gasteiger partial charge on any atom is 0.265 e. The number of anilines is 1. The Bertz CT molecular complexity index is 876. The summed E-state index contributed by atoms with van der Waals surface area (Å²) in [7, 11) is -2.18. The Hall–Kier alpha value is -2.80. The van der Waals surface area contributed by atoms with Gasteiger partial charge in [-0.2, -0.15) is 0 Å². The van der Waals surface area contributed by atoms with Crippen LogP contribution >= 0.6 is 0 Å². The summed E-state index contributed by atoms with van der Waals surface area (Å²) in [6, 6.07) is 16.9. The molecule has 0 unspecified atom stereocenters. The number of hydrogen-bond acceptors (Lipinski definition) is 5. The van der Waals surface area contributed by atoms with Crippen molar-refractivity contribution in [1.82, 2.24) is 5.16 Å². The van der Waals surface area contributed by atoms with Crippen LogP contribution in [-0.4, -0.2) is 20.7 Å². The standard InChI is InChI=1S/C17H16N2O4S/c1-22-15-9-7-14(8-10-15)13-19(17-11-12-23-18-17)24(20,21)16-5-3-2-4-6-16/h2-12H,13H2,1H3. The van der Waals surface area contributed by atoms with Gasteiger partial charge in [0, 0.05) is 6.07 Å². The van der Waals surface area contributed by atoms with Crippen LogP contribution in [0.3, 0.4) is 0 Å². The van der Waals surface area contributed by atoms with E-state index in [-0.39, 0.29) is 17.3 Å². The zero-order chi connectivity index (χ0) is 17.0. The first-order chi connectivity index (χ1) is 11.6. The number of hydrogen-bond donors (Lipinski definition) is 0. The summed E-state index contributed by atoms with van der Waals surface area (Å²) in [5, 5.41) is 3.79. The topological polar surface area (TPSA) is 72.6 Å². The number of benzene rings is 2. The van der Waals surface area contributed by atoms with Gasteiger partial charge in [-0.3, -0.25) is 0 Å². The third kappa shape index (κ3) is 3.26. The quantitative estimate of drug-likeness (QED) is 0.687. The molecule has 3 rings (SSSR count). The first kappa shape index (κ1) is 16.1. The number of ether oxygens (including phenoxy) is 1. The molecule has 24 heavy (non-hydrogen) atoms. The summed E-state index contributed by atoms with van der Waals surface area (Å²) < 4.78 is 37.1. The molecule has 0 saturated heterocycles. The monoisotopic (exact) mass is 344 g/mol. The normalized spacial score (nSPS) is 11.2. The van der Waals surface area contributed by atoms with Gasteiger partial charge in [0.15, 0.2) is 5.82 Å². The van der Waals surface area contributed by atoms with Crippen LogP contribution in [0.25, 0.3) is 0 Å². The van der Waals surface area contributed by atoms with E-state index in [0.29, 0.717) is 5.75 Å². The summed E-state index contributed by atoms with van der Waals surface area (Å²) in [4.78, 5) is 0.196. The maximum absolute atomic E-state index is 13.0. The van der Waals surface area contributed by atoms with Gasteiger partial charge in [0.1, 0.15) is 12.0 Å². The number of methoxy groups -OCH3 is 1. The van der Waals surface area contributed by atoms with E-state index < -0.39 is 10.0 Å². The molecule has 0 fully saturated rings. The molecule has 0 N–H and O–H groups in total. The van der Waals surface area contributed by atoms with Gasteiger partial charge >= 0.3 is 0 Å². The van der Waals surface area contributed by atoms with Crippen LogP contribution in [0, 0.1) is 0 Å². The zero-order valence-electron chi connectivity index (χ0n) is 13.0. The van der Waals surface area contributed by atoms with Crippen LogP contribution in [0.2, 0.25) is 0 Å². The van der Waals surface area contributed by atoms with Gasteiger partial charge in [-0.05, 0) is 29.8 Å². The minimum absolute atomic E-state index is 0.133. The Labute approximate surface area is 140 Å². The van der Waals surface area contributed by atoms with Gasteiger partial charge in [0.25, 0.3) is 10.0 Å². The van der Waals surface area contributed by atoms with E-state index in [1.54, 1.807) is 49.6 Å². The number of sulfonamides is 1. The molecule has 0 amide bonds. The van der Waals surface area contributed by atoms with Crippen molar-refractivity contribution in [2.45, 2.75) is 11.4 Å². The molecule has 2 aromatic carbocycles. The smallest absolute Gasteiger partial charge is 0.265 e. The highest BCUT2D eigenvalue weighted by Crippen LogP contribution is 2.25. The molecular weight excluding hydrogens is 328 g/mol. The maximum atomic E-state index is 13.0. The van der Waals surface area contributed by atoms with Crippen molar-refractivity contribution in [3.05, 3.63) is 72.5 Å². The van der Waals surface area contributed by atoms with Crippen LogP contribution in [0.1, 0.15) is 5.56 Å².